The molecule has 0 N–H and O–H groups in total. The number of para-hydroxylation sites is 2. The molecule has 0 atom stereocenters. The molecule has 2 aromatic heterocycles. The van der Waals surface area contributed by atoms with Gasteiger partial charge < -0.3 is 9.47 Å². The van der Waals surface area contributed by atoms with E-state index in [0.717, 1.165) is 41.2 Å². The summed E-state index contributed by atoms with van der Waals surface area (Å²) >= 11 is 6.20. The summed E-state index contributed by atoms with van der Waals surface area (Å²) in [6.45, 7) is 8.62. The molecule has 0 radical (unpaired) electrons. The predicted molar refractivity (Wildman–Crippen MR) is 120 cm³/mol. The zero-order valence-electron chi connectivity index (χ0n) is 18.1. The molecular weight excluding hydrogens is 398 g/mol. The first-order chi connectivity index (χ1) is 14.2. The van der Waals surface area contributed by atoms with Gasteiger partial charge in [0.1, 0.15) is 16.6 Å². The number of halogens is 1. The van der Waals surface area contributed by atoms with Crippen molar-refractivity contribution in [3.05, 3.63) is 59.5 Å². The van der Waals surface area contributed by atoms with Crippen LogP contribution >= 0.6 is 11.6 Å². The summed E-state index contributed by atoms with van der Waals surface area (Å²) < 4.78 is 13.9. The van der Waals surface area contributed by atoms with Gasteiger partial charge in [-0.05, 0) is 70.9 Å². The van der Waals surface area contributed by atoms with Crippen LogP contribution in [0.5, 0.6) is 5.75 Å². The highest BCUT2D eigenvalue weighted by Crippen LogP contribution is 2.44. The molecule has 0 bridgehead atoms. The molecule has 0 saturated carbocycles. The van der Waals surface area contributed by atoms with Crippen LogP contribution in [0.2, 0.25) is 5.15 Å². The van der Waals surface area contributed by atoms with Gasteiger partial charge in [-0.2, -0.15) is 5.10 Å². The van der Waals surface area contributed by atoms with E-state index in [4.69, 9.17) is 26.2 Å². The minimum atomic E-state index is -0.208. The van der Waals surface area contributed by atoms with Gasteiger partial charge in [0, 0.05) is 17.7 Å². The summed E-state index contributed by atoms with van der Waals surface area (Å²) in [6, 6.07) is 13.9. The fourth-order valence-corrected chi connectivity index (χ4v) is 4.83. The molecule has 1 saturated heterocycles. The van der Waals surface area contributed by atoms with Gasteiger partial charge in [0.2, 0.25) is 0 Å². The van der Waals surface area contributed by atoms with Gasteiger partial charge in [-0.15, -0.1) is 0 Å². The lowest BCUT2D eigenvalue weighted by atomic mass is 9.79. The lowest BCUT2D eigenvalue weighted by Crippen LogP contribution is -2.44. The minimum Gasteiger partial charge on any atom is -0.494 e. The molecule has 0 spiro atoms. The van der Waals surface area contributed by atoms with Crippen molar-refractivity contribution in [2.24, 2.45) is 0 Å². The Hall–Kier alpha value is -2.37. The highest BCUT2D eigenvalue weighted by atomic mass is 35.5. The van der Waals surface area contributed by atoms with Gasteiger partial charge >= 0.3 is 0 Å². The fourth-order valence-electron chi connectivity index (χ4n) is 4.65. The van der Waals surface area contributed by atoms with Gasteiger partial charge in [-0.1, -0.05) is 23.7 Å². The Morgan fingerprint density at radius 2 is 1.77 bits per heavy atom. The number of rotatable bonds is 4. The normalized spacial score (nSPS) is 18.3. The Morgan fingerprint density at radius 1 is 1.07 bits per heavy atom. The summed E-state index contributed by atoms with van der Waals surface area (Å²) in [4.78, 5) is 4.13. The van der Waals surface area contributed by atoms with Crippen molar-refractivity contribution >= 4 is 11.6 Å². The summed E-state index contributed by atoms with van der Waals surface area (Å²) in [5.41, 5.74) is 3.45. The first-order valence-electron chi connectivity index (χ1n) is 10.2. The van der Waals surface area contributed by atoms with Crippen molar-refractivity contribution in [3.63, 3.8) is 0 Å². The maximum Gasteiger partial charge on any atom is 0.144 e. The van der Waals surface area contributed by atoms with Crippen LogP contribution in [-0.2, 0) is 4.74 Å². The van der Waals surface area contributed by atoms with Crippen LogP contribution < -0.4 is 4.74 Å². The topological polar surface area (TPSA) is 49.2 Å². The Kier molecular flexibility index (Phi) is 5.37. The molecule has 1 aliphatic heterocycles. The molecule has 1 aliphatic rings. The van der Waals surface area contributed by atoms with Crippen LogP contribution in [0.15, 0.2) is 48.7 Å². The molecule has 0 amide bonds. The third-order valence-corrected chi connectivity index (χ3v) is 5.72. The third-order valence-electron chi connectivity index (χ3n) is 5.51. The van der Waals surface area contributed by atoms with Crippen LogP contribution in [0.4, 0.5) is 0 Å². The lowest BCUT2D eigenvalue weighted by molar-refractivity contribution is -0.162. The third kappa shape index (κ3) is 4.23. The van der Waals surface area contributed by atoms with Crippen molar-refractivity contribution in [1.29, 1.82) is 0 Å². The molecule has 158 valence electrons. The Morgan fingerprint density at radius 3 is 2.43 bits per heavy atom. The van der Waals surface area contributed by atoms with E-state index in [0.29, 0.717) is 5.15 Å². The number of hydrogen-bond acceptors (Lipinski definition) is 4. The van der Waals surface area contributed by atoms with E-state index in [1.165, 1.54) is 0 Å². The van der Waals surface area contributed by atoms with Gasteiger partial charge in [-0.25, -0.2) is 9.67 Å². The van der Waals surface area contributed by atoms with Gasteiger partial charge in [-0.3, -0.25) is 0 Å². The van der Waals surface area contributed by atoms with E-state index in [-0.39, 0.29) is 17.1 Å². The predicted octanol–water partition coefficient (Wildman–Crippen LogP) is 6.05. The molecular formula is C24H28ClN3O2. The zero-order chi connectivity index (χ0) is 21.5. The standard InChI is InChI=1S/C24H28ClN3O2/c1-23(2)14-17(15-24(3,4)30-23)18-13-20(16-10-11-26-22(25)12-16)28(27-18)19-8-6-7-9-21(19)29-5/h6-13,17H,14-15H2,1-5H3. The van der Waals surface area contributed by atoms with Crippen LogP contribution in [-0.4, -0.2) is 33.1 Å². The number of methoxy groups -OCH3 is 1. The molecule has 3 aromatic rings. The number of aromatic nitrogens is 3. The quantitative estimate of drug-likeness (QED) is 0.477. The smallest absolute Gasteiger partial charge is 0.144 e. The van der Waals surface area contributed by atoms with Gasteiger partial charge in [0.25, 0.3) is 0 Å². The second-order valence-corrected chi connectivity index (χ2v) is 9.52. The highest BCUT2D eigenvalue weighted by molar-refractivity contribution is 6.29. The summed E-state index contributed by atoms with van der Waals surface area (Å²) in [5, 5.41) is 5.52. The van der Waals surface area contributed by atoms with E-state index in [9.17, 15) is 0 Å². The molecule has 1 aromatic carbocycles. The van der Waals surface area contributed by atoms with Crippen LogP contribution in [0, 0.1) is 0 Å². The highest BCUT2D eigenvalue weighted by Gasteiger charge is 2.41. The molecule has 1 fully saturated rings. The number of benzene rings is 1. The molecule has 4 rings (SSSR count). The van der Waals surface area contributed by atoms with Crippen LogP contribution in [0.3, 0.4) is 0 Å². The molecule has 3 heterocycles. The van der Waals surface area contributed by atoms with E-state index < -0.39 is 0 Å². The largest absolute Gasteiger partial charge is 0.494 e. The SMILES string of the molecule is COc1ccccc1-n1nc(C2CC(C)(C)OC(C)(C)C2)cc1-c1ccnc(Cl)c1. The number of pyridine rings is 1. The average Bonchev–Trinajstić information content (AvgIpc) is 3.11. The first kappa shape index (κ1) is 20.9. The fraction of sp³-hybridized carbons (Fsp3) is 0.417. The van der Waals surface area contributed by atoms with Crippen LogP contribution in [0.25, 0.3) is 16.9 Å². The molecule has 0 unspecified atom stereocenters. The summed E-state index contributed by atoms with van der Waals surface area (Å²) in [6.07, 6.45) is 3.55. The minimum absolute atomic E-state index is 0.208. The Labute approximate surface area is 183 Å². The number of ether oxygens (including phenoxy) is 2. The molecule has 6 heteroatoms. The lowest BCUT2D eigenvalue weighted by Gasteiger charge is -2.45. The van der Waals surface area contributed by atoms with E-state index in [2.05, 4.69) is 38.7 Å². The molecule has 5 nitrogen and oxygen atoms in total. The number of hydrogen-bond donors (Lipinski definition) is 0. The van der Waals surface area contributed by atoms with Crippen molar-refractivity contribution in [1.82, 2.24) is 14.8 Å². The van der Waals surface area contributed by atoms with Crippen LogP contribution in [0.1, 0.15) is 52.1 Å². The van der Waals surface area contributed by atoms with Crippen molar-refractivity contribution in [2.45, 2.75) is 57.7 Å². The summed E-state index contributed by atoms with van der Waals surface area (Å²) in [7, 11) is 1.68. The second kappa shape index (κ2) is 7.71. The molecule has 30 heavy (non-hydrogen) atoms. The maximum atomic E-state index is 6.29. The van der Waals surface area contributed by atoms with Crippen molar-refractivity contribution in [2.75, 3.05) is 7.11 Å². The maximum absolute atomic E-state index is 6.29. The zero-order valence-corrected chi connectivity index (χ0v) is 18.9. The van der Waals surface area contributed by atoms with E-state index in [1.54, 1.807) is 13.3 Å². The van der Waals surface area contributed by atoms with E-state index >= 15 is 0 Å². The van der Waals surface area contributed by atoms with Crippen molar-refractivity contribution in [3.8, 4) is 22.7 Å². The van der Waals surface area contributed by atoms with Crippen molar-refractivity contribution < 1.29 is 9.47 Å². The monoisotopic (exact) mass is 425 g/mol. The van der Waals surface area contributed by atoms with Gasteiger partial charge in [0.15, 0.2) is 0 Å². The van der Waals surface area contributed by atoms with E-state index in [1.807, 2.05) is 41.1 Å². The average molecular weight is 426 g/mol. The number of nitrogens with zero attached hydrogens (tertiary/aromatic N) is 3. The van der Waals surface area contributed by atoms with Gasteiger partial charge in [0.05, 0.1) is 29.7 Å². The Bertz CT molecular complexity index is 1040. The summed E-state index contributed by atoms with van der Waals surface area (Å²) in [5.74, 6) is 1.05. The second-order valence-electron chi connectivity index (χ2n) is 9.13. The molecule has 0 aliphatic carbocycles. The Balaban J connectivity index is 1.86. The first-order valence-corrected chi connectivity index (χ1v) is 10.6.